The molecule has 2 aromatic rings. The maximum atomic E-state index is 14.0. The van der Waals surface area contributed by atoms with E-state index in [-0.39, 0.29) is 11.3 Å². The summed E-state index contributed by atoms with van der Waals surface area (Å²) in [5.41, 5.74) is 2.83. The van der Waals surface area contributed by atoms with Gasteiger partial charge in [-0.15, -0.1) is 0 Å². The number of hydrogen-bond acceptors (Lipinski definition) is 10. The number of fused-ring (bicyclic) bond motifs is 3. The van der Waals surface area contributed by atoms with Gasteiger partial charge in [-0.25, -0.2) is 0 Å². The van der Waals surface area contributed by atoms with Crippen LogP contribution in [0.15, 0.2) is 53.3 Å². The average Bonchev–Trinajstić information content (AvgIpc) is 2.90. The predicted molar refractivity (Wildman–Crippen MR) is 141 cm³/mol. The van der Waals surface area contributed by atoms with E-state index >= 15 is 0 Å². The number of carbonyl (C=O) groups excluding carboxylic acids is 4. The van der Waals surface area contributed by atoms with Crippen LogP contribution in [0, 0.1) is 11.8 Å². The van der Waals surface area contributed by atoms with Crippen LogP contribution in [0.3, 0.4) is 0 Å². The second kappa shape index (κ2) is 9.12. The maximum Gasteiger partial charge on any atom is 0.255 e. The molecule has 6 atom stereocenters. The summed E-state index contributed by atoms with van der Waals surface area (Å²) < 4.78 is 0. The predicted octanol–water partition coefficient (Wildman–Crippen LogP) is 0.975. The Balaban J connectivity index is 1.81. The Labute approximate surface area is 228 Å². The summed E-state index contributed by atoms with van der Waals surface area (Å²) in [4.78, 5) is 51.9. The van der Waals surface area contributed by atoms with Crippen molar-refractivity contribution in [2.75, 3.05) is 14.1 Å². The first-order valence-electron chi connectivity index (χ1n) is 12.5. The van der Waals surface area contributed by atoms with Gasteiger partial charge in [-0.3, -0.25) is 24.1 Å². The summed E-state index contributed by atoms with van der Waals surface area (Å²) in [6.07, 6.45) is -1.01. The summed E-state index contributed by atoms with van der Waals surface area (Å²) in [7, 11) is 2.89. The number of phenolic OH excluding ortho intramolecular Hbond substituents is 1. The van der Waals surface area contributed by atoms with Gasteiger partial charge in [-0.1, -0.05) is 37.3 Å². The average molecular weight is 549 g/mol. The molecule has 3 aliphatic rings. The van der Waals surface area contributed by atoms with E-state index in [2.05, 4.69) is 0 Å². The van der Waals surface area contributed by atoms with Gasteiger partial charge in [0, 0.05) is 17.1 Å². The molecular weight excluding hydrogens is 520 g/mol. The number of ketones is 2. The molecule has 3 aliphatic carbocycles. The summed E-state index contributed by atoms with van der Waals surface area (Å²) in [6, 6.07) is 8.03. The van der Waals surface area contributed by atoms with Crippen molar-refractivity contribution in [2.45, 2.75) is 30.6 Å². The first-order valence-corrected chi connectivity index (χ1v) is 12.5. The van der Waals surface area contributed by atoms with Gasteiger partial charge >= 0.3 is 0 Å². The third-order valence-electron chi connectivity index (χ3n) is 8.47. The normalized spacial score (nSPS) is 29.7. The smallest absolute Gasteiger partial charge is 0.255 e. The van der Waals surface area contributed by atoms with E-state index in [9.17, 15) is 44.7 Å². The molecule has 1 amide bonds. The number of likely N-dealkylation sites (N-methyl/N-ethyl adjacent to an activating group) is 1. The SMILES string of the molecule is C[C@H]1c2c(-c3ccc(C=O)cc3)ccc(O)c2C(O)=C2C(=O)[C@]3(O)C(O)=C(C(N)=O)C(=O)[C@@H](N(C)C)[C@@H]3[C@@H](O)[C@@H]21. The first kappa shape index (κ1) is 27.3. The van der Waals surface area contributed by atoms with E-state index < -0.39 is 75.6 Å². The molecule has 0 aromatic heterocycles. The zero-order valence-corrected chi connectivity index (χ0v) is 21.8. The molecule has 11 nitrogen and oxygen atoms in total. The van der Waals surface area contributed by atoms with E-state index in [1.54, 1.807) is 37.3 Å². The van der Waals surface area contributed by atoms with E-state index in [1.807, 2.05) is 0 Å². The summed E-state index contributed by atoms with van der Waals surface area (Å²) >= 11 is 0. The fourth-order valence-corrected chi connectivity index (χ4v) is 6.69. The number of carbonyl (C=O) groups is 4. The molecule has 7 N–H and O–H groups in total. The number of aliphatic hydroxyl groups is 4. The van der Waals surface area contributed by atoms with Crippen LogP contribution in [-0.4, -0.2) is 86.0 Å². The zero-order chi connectivity index (χ0) is 29.4. The van der Waals surface area contributed by atoms with Gasteiger partial charge in [-0.05, 0) is 42.8 Å². The first-order chi connectivity index (χ1) is 18.8. The van der Waals surface area contributed by atoms with Crippen molar-refractivity contribution >= 4 is 29.5 Å². The number of aromatic hydroxyl groups is 1. The molecule has 40 heavy (non-hydrogen) atoms. The number of rotatable bonds is 4. The largest absolute Gasteiger partial charge is 0.508 e. The van der Waals surface area contributed by atoms with Gasteiger partial charge < -0.3 is 31.3 Å². The van der Waals surface area contributed by atoms with Gasteiger partial charge in [0.15, 0.2) is 11.4 Å². The highest BCUT2D eigenvalue weighted by molar-refractivity contribution is 6.24. The fraction of sp³-hybridized carbons (Fsp3) is 0.310. The van der Waals surface area contributed by atoms with Gasteiger partial charge in [0.05, 0.1) is 23.6 Å². The Morgan fingerprint density at radius 1 is 1.05 bits per heavy atom. The number of nitrogens with two attached hydrogens (primary N) is 1. The minimum absolute atomic E-state index is 0.104. The van der Waals surface area contributed by atoms with E-state index in [0.29, 0.717) is 28.5 Å². The van der Waals surface area contributed by atoms with Crippen molar-refractivity contribution < 1.29 is 44.7 Å². The molecule has 0 saturated heterocycles. The van der Waals surface area contributed by atoms with Crippen LogP contribution in [0.25, 0.3) is 16.9 Å². The molecule has 5 rings (SSSR count). The monoisotopic (exact) mass is 548 g/mol. The Hall–Kier alpha value is -4.32. The molecule has 208 valence electrons. The van der Waals surface area contributed by atoms with Crippen LogP contribution in [0.1, 0.15) is 34.3 Å². The number of hydrogen-bond donors (Lipinski definition) is 6. The zero-order valence-electron chi connectivity index (χ0n) is 21.8. The number of amides is 1. The third-order valence-corrected chi connectivity index (χ3v) is 8.47. The van der Waals surface area contributed by atoms with Gasteiger partial charge in [0.1, 0.15) is 29.1 Å². The van der Waals surface area contributed by atoms with Crippen molar-refractivity contribution in [3.05, 3.63) is 70.0 Å². The maximum absolute atomic E-state index is 14.0. The van der Waals surface area contributed by atoms with Crippen molar-refractivity contribution in [2.24, 2.45) is 17.6 Å². The highest BCUT2D eigenvalue weighted by Gasteiger charge is 2.68. The Kier molecular flexibility index (Phi) is 6.21. The van der Waals surface area contributed by atoms with Crippen LogP contribution in [0.5, 0.6) is 5.75 Å². The molecular formula is C29H28N2O9. The van der Waals surface area contributed by atoms with Crippen molar-refractivity contribution in [1.82, 2.24) is 4.90 Å². The van der Waals surface area contributed by atoms with Gasteiger partial charge in [-0.2, -0.15) is 0 Å². The van der Waals surface area contributed by atoms with Gasteiger partial charge in [0.2, 0.25) is 5.78 Å². The number of primary amides is 1. The lowest BCUT2D eigenvalue weighted by Gasteiger charge is -2.53. The molecule has 0 radical (unpaired) electrons. The quantitative estimate of drug-likeness (QED) is 0.236. The second-order valence-electron chi connectivity index (χ2n) is 10.7. The summed E-state index contributed by atoms with van der Waals surface area (Å²) in [6.45, 7) is 1.67. The molecule has 0 aliphatic heterocycles. The van der Waals surface area contributed by atoms with Crippen molar-refractivity contribution in [1.29, 1.82) is 0 Å². The number of aliphatic hydroxyl groups excluding tert-OH is 3. The highest BCUT2D eigenvalue weighted by Crippen LogP contribution is 2.57. The summed E-state index contributed by atoms with van der Waals surface area (Å²) in [5.74, 6) is -9.52. The lowest BCUT2D eigenvalue weighted by atomic mass is 9.54. The van der Waals surface area contributed by atoms with Crippen molar-refractivity contribution in [3.63, 3.8) is 0 Å². The Morgan fingerprint density at radius 3 is 2.23 bits per heavy atom. The molecule has 0 bridgehead atoms. The molecule has 1 saturated carbocycles. The topological polar surface area (TPSA) is 199 Å². The highest BCUT2D eigenvalue weighted by atomic mass is 16.4. The Bertz CT molecular complexity index is 1560. The van der Waals surface area contributed by atoms with Crippen LogP contribution in [-0.2, 0) is 14.4 Å². The molecule has 0 unspecified atom stereocenters. The second-order valence-corrected chi connectivity index (χ2v) is 10.7. The molecule has 2 aromatic carbocycles. The van der Waals surface area contributed by atoms with Crippen LogP contribution in [0.2, 0.25) is 0 Å². The van der Waals surface area contributed by atoms with Gasteiger partial charge in [0.25, 0.3) is 5.91 Å². The van der Waals surface area contributed by atoms with E-state index in [1.165, 1.54) is 25.1 Å². The number of Topliss-reactive ketones (excluding diaryl/α,β-unsaturated/α-hetero) is 2. The molecule has 0 heterocycles. The number of phenols is 1. The summed E-state index contributed by atoms with van der Waals surface area (Å²) in [5, 5.41) is 56.8. The van der Waals surface area contributed by atoms with Crippen LogP contribution >= 0.6 is 0 Å². The number of benzene rings is 2. The van der Waals surface area contributed by atoms with E-state index in [4.69, 9.17) is 5.73 Å². The number of aldehydes is 1. The Morgan fingerprint density at radius 2 is 1.68 bits per heavy atom. The number of nitrogens with zero attached hydrogens (tertiary/aromatic N) is 1. The molecule has 11 heteroatoms. The standard InChI is InChI=1S/C29H28N2O9/c1-11-16-14(13-6-4-12(10-32)5-7-13)8-9-15(33)18(16)23(34)19-17(11)24(35)21-22(31(2)3)25(36)20(28(30)39)27(38)29(21,40)26(19)37/h4-11,17,21-22,24,33-35,38,40H,1-3H3,(H2,30,39)/t11-,17+,21+,22-,24-,29-/m0/s1. The lowest BCUT2D eigenvalue weighted by Crippen LogP contribution is -2.70. The van der Waals surface area contributed by atoms with E-state index in [0.717, 1.165) is 0 Å². The molecule has 1 fully saturated rings. The third kappa shape index (κ3) is 3.41. The molecule has 0 spiro atoms. The van der Waals surface area contributed by atoms with Crippen LogP contribution in [0.4, 0.5) is 0 Å². The van der Waals surface area contributed by atoms with Crippen LogP contribution < -0.4 is 5.73 Å². The van der Waals surface area contributed by atoms with Crippen molar-refractivity contribution in [3.8, 4) is 16.9 Å². The lowest BCUT2D eigenvalue weighted by molar-refractivity contribution is -0.169. The minimum Gasteiger partial charge on any atom is -0.508 e. The minimum atomic E-state index is -2.97. The fourth-order valence-electron chi connectivity index (χ4n) is 6.69.